The summed E-state index contributed by atoms with van der Waals surface area (Å²) in [5.41, 5.74) is 0. The summed E-state index contributed by atoms with van der Waals surface area (Å²) in [6.07, 6.45) is 40.5. The molecule has 0 aliphatic rings. The summed E-state index contributed by atoms with van der Waals surface area (Å²) in [6, 6.07) is -0.526. The molecule has 3 N–H and O–H groups in total. The van der Waals surface area contributed by atoms with Gasteiger partial charge in [0, 0.05) is 6.42 Å². The molecule has 0 saturated carbocycles. The number of rotatable bonds is 35. The number of carbonyl (C=O) groups is 1. The third-order valence-electron chi connectivity index (χ3n) is 9.12. The Kier molecular flexibility index (Phi) is 34.4. The van der Waals surface area contributed by atoms with Gasteiger partial charge in [-0.15, -0.1) is 0 Å². The summed E-state index contributed by atoms with van der Waals surface area (Å²) in [6.45, 7) is 4.31. The molecule has 0 aliphatic heterocycles. The smallest absolute Gasteiger partial charge is 0.220 e. The fourth-order valence-electron chi connectivity index (χ4n) is 6.13. The van der Waals surface area contributed by atoms with Gasteiger partial charge in [0.15, 0.2) is 0 Å². The maximum Gasteiger partial charge on any atom is 0.220 e. The van der Waals surface area contributed by atoms with Crippen LogP contribution in [0.1, 0.15) is 219 Å². The van der Waals surface area contributed by atoms with Gasteiger partial charge in [0.25, 0.3) is 0 Å². The van der Waals surface area contributed by atoms with Crippen molar-refractivity contribution in [2.45, 2.75) is 231 Å². The van der Waals surface area contributed by atoms with Gasteiger partial charge in [0.1, 0.15) is 0 Å². The van der Waals surface area contributed by atoms with Crippen LogP contribution in [0.2, 0.25) is 0 Å². The molecule has 0 aromatic rings. The molecule has 4 nitrogen and oxygen atoms in total. The van der Waals surface area contributed by atoms with E-state index in [2.05, 4.69) is 19.2 Å². The highest BCUT2D eigenvalue weighted by Crippen LogP contribution is 2.16. The predicted octanol–water partition coefficient (Wildman–Crippen LogP) is 11.3. The van der Waals surface area contributed by atoms with Gasteiger partial charge in [-0.2, -0.15) is 0 Å². The largest absolute Gasteiger partial charge is 0.394 e. The molecule has 0 aliphatic carbocycles. The molecule has 0 rings (SSSR count). The molecule has 1 amide bonds. The molecule has 0 fully saturated rings. The number of unbranched alkanes of at least 4 members (excludes halogenated alkanes) is 28. The van der Waals surface area contributed by atoms with Gasteiger partial charge in [-0.3, -0.25) is 4.79 Å². The Morgan fingerprint density at radius 2 is 0.762 bits per heavy atom. The molecule has 0 radical (unpaired) electrons. The third kappa shape index (κ3) is 30.8. The first-order valence-electron chi connectivity index (χ1n) is 19.2. The zero-order valence-electron chi connectivity index (χ0n) is 28.8. The van der Waals surface area contributed by atoms with E-state index in [0.29, 0.717) is 12.8 Å². The molecule has 0 spiro atoms. The first-order valence-corrected chi connectivity index (χ1v) is 19.2. The van der Waals surface area contributed by atoms with Crippen molar-refractivity contribution >= 4 is 5.91 Å². The van der Waals surface area contributed by atoms with Gasteiger partial charge in [-0.25, -0.2) is 0 Å². The Labute approximate surface area is 264 Å². The fourth-order valence-corrected chi connectivity index (χ4v) is 6.13. The minimum absolute atomic E-state index is 0.0387. The highest BCUT2D eigenvalue weighted by molar-refractivity contribution is 5.76. The van der Waals surface area contributed by atoms with Crippen LogP contribution in [0.25, 0.3) is 0 Å². The first-order chi connectivity index (χ1) is 20.7. The quantitative estimate of drug-likeness (QED) is 0.0638. The Balaban J connectivity index is 3.37. The van der Waals surface area contributed by atoms with Gasteiger partial charge in [-0.05, 0) is 12.8 Å². The van der Waals surface area contributed by atoms with E-state index in [9.17, 15) is 15.0 Å². The van der Waals surface area contributed by atoms with Gasteiger partial charge in [0.05, 0.1) is 18.8 Å². The third-order valence-corrected chi connectivity index (χ3v) is 9.12. The summed E-state index contributed by atoms with van der Waals surface area (Å²) in [4.78, 5) is 12.2. The second-order valence-electron chi connectivity index (χ2n) is 13.4. The van der Waals surface area contributed by atoms with Crippen LogP contribution in [0.5, 0.6) is 0 Å². The lowest BCUT2D eigenvalue weighted by molar-refractivity contribution is -0.123. The fraction of sp³-hybridized carbons (Fsp3) is 0.974. The molecule has 42 heavy (non-hydrogen) atoms. The normalized spacial score (nSPS) is 13.0. The zero-order chi connectivity index (χ0) is 30.8. The van der Waals surface area contributed by atoms with Gasteiger partial charge in [-0.1, -0.05) is 200 Å². The molecule has 4 heteroatoms. The zero-order valence-corrected chi connectivity index (χ0v) is 28.8. The molecule has 252 valence electrons. The maximum absolute atomic E-state index is 12.2. The highest BCUT2D eigenvalue weighted by atomic mass is 16.3. The van der Waals surface area contributed by atoms with Crippen molar-refractivity contribution in [1.82, 2.24) is 5.32 Å². The Morgan fingerprint density at radius 1 is 0.476 bits per heavy atom. The molecular weight excluding hydrogens is 518 g/mol. The summed E-state index contributed by atoms with van der Waals surface area (Å²) in [7, 11) is 0. The minimum atomic E-state index is -0.650. The monoisotopic (exact) mass is 596 g/mol. The van der Waals surface area contributed by atoms with Crippen LogP contribution in [-0.4, -0.2) is 34.9 Å². The van der Waals surface area contributed by atoms with Gasteiger partial charge >= 0.3 is 0 Å². The molecule has 0 heterocycles. The molecule has 0 aromatic carbocycles. The molecule has 2 atom stereocenters. The molecule has 0 saturated heterocycles. The van der Waals surface area contributed by atoms with Crippen molar-refractivity contribution in [3.8, 4) is 0 Å². The molecular formula is C38H77NO3. The topological polar surface area (TPSA) is 69.6 Å². The number of aliphatic hydroxyl groups is 2. The summed E-state index contributed by atoms with van der Waals surface area (Å²) >= 11 is 0. The summed E-state index contributed by atoms with van der Waals surface area (Å²) in [5.74, 6) is -0.0387. The van der Waals surface area contributed by atoms with E-state index in [4.69, 9.17) is 0 Å². The standard InChI is InChI=1S/C38H77NO3/c1-3-5-7-9-11-12-13-14-15-16-17-18-19-20-21-22-23-24-25-26-27-28-29-31-33-37(41)36(35-40)39-38(42)34-32-30-10-8-6-4-2/h36-37,40-41H,3-35H2,1-2H3,(H,39,42). The van der Waals surface area contributed by atoms with Crippen LogP contribution >= 0.6 is 0 Å². The lowest BCUT2D eigenvalue weighted by Crippen LogP contribution is -2.45. The van der Waals surface area contributed by atoms with Crippen LogP contribution in [0.3, 0.4) is 0 Å². The average molecular weight is 596 g/mol. The second kappa shape index (κ2) is 34.9. The second-order valence-corrected chi connectivity index (χ2v) is 13.4. The van der Waals surface area contributed by atoms with Crippen molar-refractivity contribution in [3.63, 3.8) is 0 Å². The van der Waals surface area contributed by atoms with E-state index in [1.807, 2.05) is 0 Å². The summed E-state index contributed by atoms with van der Waals surface area (Å²) in [5, 5.41) is 22.9. The lowest BCUT2D eigenvalue weighted by atomic mass is 10.0. The van der Waals surface area contributed by atoms with Crippen LogP contribution in [0, 0.1) is 0 Å². The average Bonchev–Trinajstić information content (AvgIpc) is 2.99. The molecule has 2 unspecified atom stereocenters. The van der Waals surface area contributed by atoms with E-state index in [0.717, 1.165) is 25.7 Å². The van der Waals surface area contributed by atoms with Gasteiger partial charge in [0.2, 0.25) is 5.91 Å². The number of carbonyl (C=O) groups excluding carboxylic acids is 1. The Bertz CT molecular complexity index is 526. The highest BCUT2D eigenvalue weighted by Gasteiger charge is 2.19. The predicted molar refractivity (Wildman–Crippen MR) is 184 cm³/mol. The van der Waals surface area contributed by atoms with Crippen LogP contribution in [-0.2, 0) is 4.79 Å². The van der Waals surface area contributed by atoms with E-state index in [1.54, 1.807) is 0 Å². The lowest BCUT2D eigenvalue weighted by Gasteiger charge is -2.22. The van der Waals surface area contributed by atoms with Crippen LogP contribution < -0.4 is 5.32 Å². The Morgan fingerprint density at radius 3 is 1.07 bits per heavy atom. The number of hydrogen-bond donors (Lipinski definition) is 3. The van der Waals surface area contributed by atoms with Crippen LogP contribution in [0.15, 0.2) is 0 Å². The van der Waals surface area contributed by atoms with Gasteiger partial charge < -0.3 is 15.5 Å². The van der Waals surface area contributed by atoms with Crippen molar-refractivity contribution in [2.24, 2.45) is 0 Å². The number of amides is 1. The summed E-state index contributed by atoms with van der Waals surface area (Å²) < 4.78 is 0. The van der Waals surface area contributed by atoms with Crippen molar-refractivity contribution in [2.75, 3.05) is 6.61 Å². The SMILES string of the molecule is CCCCCCCCCCCCCCCCCCCCCCCCCCC(O)C(CO)NC(=O)CCCCCCCC. The molecule has 0 aromatic heterocycles. The number of aliphatic hydroxyl groups excluding tert-OH is 2. The minimum Gasteiger partial charge on any atom is -0.394 e. The van der Waals surface area contributed by atoms with Crippen molar-refractivity contribution in [3.05, 3.63) is 0 Å². The van der Waals surface area contributed by atoms with Crippen molar-refractivity contribution in [1.29, 1.82) is 0 Å². The van der Waals surface area contributed by atoms with E-state index >= 15 is 0 Å². The van der Waals surface area contributed by atoms with E-state index in [1.165, 1.54) is 167 Å². The van der Waals surface area contributed by atoms with E-state index < -0.39 is 12.1 Å². The van der Waals surface area contributed by atoms with Crippen molar-refractivity contribution < 1.29 is 15.0 Å². The number of hydrogen-bond acceptors (Lipinski definition) is 3. The van der Waals surface area contributed by atoms with E-state index in [-0.39, 0.29) is 12.5 Å². The number of nitrogens with one attached hydrogen (secondary N) is 1. The Hall–Kier alpha value is -0.610. The molecule has 0 bridgehead atoms. The maximum atomic E-state index is 12.2. The van der Waals surface area contributed by atoms with Crippen LogP contribution in [0.4, 0.5) is 0 Å². The first kappa shape index (κ1) is 41.4.